The lowest BCUT2D eigenvalue weighted by atomic mass is 9.78. The van der Waals surface area contributed by atoms with E-state index in [1.807, 2.05) is 6.92 Å². The van der Waals surface area contributed by atoms with Crippen molar-refractivity contribution < 1.29 is 9.26 Å². The largest absolute Gasteiger partial charge is 0.367 e. The van der Waals surface area contributed by atoms with Crippen LogP contribution >= 0.6 is 0 Å². The van der Waals surface area contributed by atoms with E-state index in [0.717, 1.165) is 32.1 Å². The van der Waals surface area contributed by atoms with Crippen LogP contribution in [0.1, 0.15) is 77.1 Å². The molecule has 1 aliphatic carbocycles. The summed E-state index contributed by atoms with van der Waals surface area (Å²) in [7, 11) is 0. The molecule has 1 saturated carbocycles. The Bertz CT molecular complexity index is 417. The summed E-state index contributed by atoms with van der Waals surface area (Å²) in [5, 5.41) is 4.18. The van der Waals surface area contributed by atoms with E-state index in [1.54, 1.807) is 0 Å². The zero-order valence-corrected chi connectivity index (χ0v) is 12.9. The number of nitrogens with zero attached hydrogens (tertiary/aromatic N) is 2. The third kappa shape index (κ3) is 3.20. The van der Waals surface area contributed by atoms with Gasteiger partial charge in [0.25, 0.3) is 0 Å². The first-order valence-electron chi connectivity index (χ1n) is 7.85. The van der Waals surface area contributed by atoms with E-state index in [2.05, 4.69) is 24.0 Å². The van der Waals surface area contributed by atoms with Crippen LogP contribution in [0.3, 0.4) is 0 Å². The molecule has 0 aliphatic heterocycles. The van der Waals surface area contributed by atoms with Crippen molar-refractivity contribution in [2.45, 2.75) is 70.9 Å². The van der Waals surface area contributed by atoms with Crippen molar-refractivity contribution in [3.8, 4) is 0 Å². The van der Waals surface area contributed by atoms with Gasteiger partial charge in [0, 0.05) is 6.61 Å². The molecule has 3 unspecified atom stereocenters. The number of hydrogen-bond donors (Lipinski definition) is 1. The Labute approximate surface area is 121 Å². The summed E-state index contributed by atoms with van der Waals surface area (Å²) in [6.07, 6.45) is 6.18. The fourth-order valence-electron chi connectivity index (χ4n) is 3.18. The summed E-state index contributed by atoms with van der Waals surface area (Å²) in [4.78, 5) is 4.55. The van der Waals surface area contributed by atoms with Crippen LogP contribution < -0.4 is 5.73 Å². The van der Waals surface area contributed by atoms with Gasteiger partial charge in [0.1, 0.15) is 5.60 Å². The predicted molar refractivity (Wildman–Crippen MR) is 77.1 cm³/mol. The molecule has 0 saturated heterocycles. The van der Waals surface area contributed by atoms with Crippen molar-refractivity contribution in [3.05, 3.63) is 11.7 Å². The minimum Gasteiger partial charge on any atom is -0.367 e. The van der Waals surface area contributed by atoms with E-state index in [0.29, 0.717) is 24.2 Å². The lowest BCUT2D eigenvalue weighted by Crippen LogP contribution is -2.36. The molecule has 0 aromatic carbocycles. The molecule has 0 bridgehead atoms. The summed E-state index contributed by atoms with van der Waals surface area (Å²) < 4.78 is 11.4. The molecule has 5 nitrogen and oxygen atoms in total. The van der Waals surface area contributed by atoms with Gasteiger partial charge in [-0.05, 0) is 38.5 Å². The summed E-state index contributed by atoms with van der Waals surface area (Å²) in [6, 6.07) is -0.166. The lowest BCUT2D eigenvalue weighted by molar-refractivity contribution is -0.0891. The smallest absolute Gasteiger partial charge is 0.243 e. The zero-order valence-electron chi connectivity index (χ0n) is 12.9. The number of aromatic nitrogens is 2. The standard InChI is InChI=1S/C15H27N3O2/c1-4-7-12(16)13-17-14(18-20-13)15(19-5-2)9-6-8-11(3)10-15/h11-12H,4-10,16H2,1-3H3. The SMILES string of the molecule is CCCC(N)c1nc(C2(OCC)CCCC(C)C2)no1. The van der Waals surface area contributed by atoms with Crippen LogP contribution in [-0.2, 0) is 10.3 Å². The molecule has 0 spiro atoms. The second-order valence-electron chi connectivity index (χ2n) is 5.98. The predicted octanol–water partition coefficient (Wildman–Crippen LogP) is 3.31. The quantitative estimate of drug-likeness (QED) is 0.865. The number of hydrogen-bond acceptors (Lipinski definition) is 5. The fraction of sp³-hybridized carbons (Fsp3) is 0.867. The van der Waals surface area contributed by atoms with Crippen molar-refractivity contribution in [2.24, 2.45) is 11.7 Å². The summed E-state index contributed by atoms with van der Waals surface area (Å²) in [5.74, 6) is 1.85. The maximum absolute atomic E-state index is 6.06. The molecular formula is C15H27N3O2. The average Bonchev–Trinajstić information content (AvgIpc) is 2.89. The molecule has 1 heterocycles. The first-order chi connectivity index (χ1) is 9.61. The zero-order chi connectivity index (χ0) is 14.6. The van der Waals surface area contributed by atoms with Crippen molar-refractivity contribution in [3.63, 3.8) is 0 Å². The Morgan fingerprint density at radius 3 is 2.95 bits per heavy atom. The van der Waals surface area contributed by atoms with E-state index < -0.39 is 0 Å². The second-order valence-corrected chi connectivity index (χ2v) is 5.98. The van der Waals surface area contributed by atoms with Crippen molar-refractivity contribution in [1.29, 1.82) is 0 Å². The van der Waals surface area contributed by atoms with E-state index in [4.69, 9.17) is 15.0 Å². The highest BCUT2D eigenvalue weighted by atomic mass is 16.5. The topological polar surface area (TPSA) is 74.2 Å². The lowest BCUT2D eigenvalue weighted by Gasteiger charge is -2.37. The third-order valence-corrected chi connectivity index (χ3v) is 4.14. The Morgan fingerprint density at radius 2 is 2.30 bits per heavy atom. The molecule has 2 N–H and O–H groups in total. The monoisotopic (exact) mass is 281 g/mol. The van der Waals surface area contributed by atoms with Crippen LogP contribution in [0.15, 0.2) is 4.52 Å². The fourth-order valence-corrected chi connectivity index (χ4v) is 3.18. The highest BCUT2D eigenvalue weighted by Crippen LogP contribution is 2.41. The highest BCUT2D eigenvalue weighted by molar-refractivity contribution is 5.05. The Kier molecular flexibility index (Phi) is 5.16. The summed E-state index contributed by atoms with van der Waals surface area (Å²) >= 11 is 0. The third-order valence-electron chi connectivity index (χ3n) is 4.14. The molecular weight excluding hydrogens is 254 g/mol. The maximum Gasteiger partial charge on any atom is 0.243 e. The Hall–Kier alpha value is -0.940. The molecule has 5 heteroatoms. The second kappa shape index (κ2) is 6.68. The van der Waals surface area contributed by atoms with E-state index in [1.165, 1.54) is 6.42 Å². The Balaban J connectivity index is 2.21. The van der Waals surface area contributed by atoms with Gasteiger partial charge in [-0.1, -0.05) is 31.8 Å². The van der Waals surface area contributed by atoms with Gasteiger partial charge in [-0.25, -0.2) is 0 Å². The number of ether oxygens (including phenoxy) is 1. The van der Waals surface area contributed by atoms with Gasteiger partial charge in [-0.15, -0.1) is 0 Å². The van der Waals surface area contributed by atoms with E-state index in [9.17, 15) is 0 Å². The van der Waals surface area contributed by atoms with Gasteiger partial charge in [-0.2, -0.15) is 4.98 Å². The minimum atomic E-state index is -0.375. The van der Waals surface area contributed by atoms with Gasteiger partial charge < -0.3 is 15.0 Å². The first-order valence-corrected chi connectivity index (χ1v) is 7.85. The van der Waals surface area contributed by atoms with Crippen LogP contribution in [-0.4, -0.2) is 16.7 Å². The summed E-state index contributed by atoms with van der Waals surface area (Å²) in [6.45, 7) is 7.04. The van der Waals surface area contributed by atoms with E-state index in [-0.39, 0.29) is 11.6 Å². The molecule has 3 atom stereocenters. The van der Waals surface area contributed by atoms with E-state index >= 15 is 0 Å². The number of nitrogens with two attached hydrogens (primary N) is 1. The van der Waals surface area contributed by atoms with Gasteiger partial charge in [0.05, 0.1) is 6.04 Å². The molecule has 1 aromatic heterocycles. The minimum absolute atomic E-state index is 0.166. The Morgan fingerprint density at radius 1 is 1.50 bits per heavy atom. The van der Waals surface area contributed by atoms with Gasteiger partial charge in [0.15, 0.2) is 0 Å². The molecule has 1 aromatic rings. The highest BCUT2D eigenvalue weighted by Gasteiger charge is 2.41. The molecule has 114 valence electrons. The van der Waals surface area contributed by atoms with Crippen molar-refractivity contribution in [2.75, 3.05) is 6.61 Å². The molecule has 20 heavy (non-hydrogen) atoms. The molecule has 2 rings (SSSR count). The van der Waals surface area contributed by atoms with Gasteiger partial charge in [0.2, 0.25) is 11.7 Å². The average molecular weight is 281 g/mol. The van der Waals surface area contributed by atoms with Crippen molar-refractivity contribution in [1.82, 2.24) is 10.1 Å². The summed E-state index contributed by atoms with van der Waals surface area (Å²) in [5.41, 5.74) is 5.68. The van der Waals surface area contributed by atoms with Crippen LogP contribution in [0, 0.1) is 5.92 Å². The van der Waals surface area contributed by atoms with Crippen LogP contribution in [0.4, 0.5) is 0 Å². The van der Waals surface area contributed by atoms with Gasteiger partial charge in [-0.3, -0.25) is 0 Å². The van der Waals surface area contributed by atoms with Crippen LogP contribution in [0.25, 0.3) is 0 Å². The van der Waals surface area contributed by atoms with Crippen molar-refractivity contribution >= 4 is 0 Å². The molecule has 1 aliphatic rings. The number of rotatable bonds is 6. The van der Waals surface area contributed by atoms with Crippen LogP contribution in [0.2, 0.25) is 0 Å². The molecule has 0 radical (unpaired) electrons. The molecule has 1 fully saturated rings. The van der Waals surface area contributed by atoms with Crippen LogP contribution in [0.5, 0.6) is 0 Å². The molecule has 0 amide bonds. The van der Waals surface area contributed by atoms with Gasteiger partial charge >= 0.3 is 0 Å². The maximum atomic E-state index is 6.06. The normalized spacial score (nSPS) is 28.5. The first kappa shape index (κ1) is 15.4.